The second kappa shape index (κ2) is 8.72. The van der Waals surface area contributed by atoms with Crippen LogP contribution in [0.15, 0.2) is 84.9 Å². The molecule has 0 aliphatic carbocycles. The van der Waals surface area contributed by atoms with E-state index < -0.39 is 0 Å². The van der Waals surface area contributed by atoms with E-state index in [-0.39, 0.29) is 18.5 Å². The van der Waals surface area contributed by atoms with Crippen molar-refractivity contribution in [2.24, 2.45) is 0 Å². The molecule has 2 N–H and O–H groups in total. The van der Waals surface area contributed by atoms with Gasteiger partial charge in [0, 0.05) is 0 Å². The first-order valence-corrected chi connectivity index (χ1v) is 8.54. The van der Waals surface area contributed by atoms with Crippen LogP contribution in [0.1, 0.15) is 17.2 Å². The van der Waals surface area contributed by atoms with Crippen LogP contribution in [0, 0.1) is 0 Å². The van der Waals surface area contributed by atoms with Crippen LogP contribution in [-0.2, 0) is 4.79 Å². The molecule has 4 nitrogen and oxygen atoms in total. The Hall–Kier alpha value is -3.27. The molecule has 26 heavy (non-hydrogen) atoms. The van der Waals surface area contributed by atoms with E-state index in [1.165, 1.54) is 0 Å². The molecule has 0 aromatic heterocycles. The molecule has 0 saturated heterocycles. The number of ether oxygens (including phenoxy) is 1. The van der Waals surface area contributed by atoms with Gasteiger partial charge in [0.05, 0.1) is 25.4 Å². The molecule has 0 fully saturated rings. The summed E-state index contributed by atoms with van der Waals surface area (Å²) in [4.78, 5) is 12.6. The van der Waals surface area contributed by atoms with Gasteiger partial charge in [-0.25, -0.2) is 0 Å². The minimum Gasteiger partial charge on any atom is -0.495 e. The minimum atomic E-state index is -0.190. The lowest BCUT2D eigenvalue weighted by molar-refractivity contribution is -0.119. The average Bonchev–Trinajstić information content (AvgIpc) is 2.72. The van der Waals surface area contributed by atoms with Gasteiger partial charge in [0.1, 0.15) is 5.75 Å². The van der Waals surface area contributed by atoms with Gasteiger partial charge in [0.15, 0.2) is 0 Å². The van der Waals surface area contributed by atoms with Gasteiger partial charge in [-0.15, -0.1) is 0 Å². The van der Waals surface area contributed by atoms with Crippen molar-refractivity contribution in [2.45, 2.75) is 6.04 Å². The Morgan fingerprint density at radius 2 is 1.38 bits per heavy atom. The summed E-state index contributed by atoms with van der Waals surface area (Å²) in [5.41, 5.74) is 2.88. The van der Waals surface area contributed by atoms with Crippen molar-refractivity contribution in [3.05, 3.63) is 96.1 Å². The fraction of sp³-hybridized carbons (Fsp3) is 0.136. The first-order chi connectivity index (χ1) is 12.8. The Morgan fingerprint density at radius 1 is 0.846 bits per heavy atom. The smallest absolute Gasteiger partial charge is 0.240 e. The van der Waals surface area contributed by atoms with Gasteiger partial charge in [0.25, 0.3) is 0 Å². The van der Waals surface area contributed by atoms with E-state index in [9.17, 15) is 4.79 Å². The Labute approximate surface area is 153 Å². The van der Waals surface area contributed by atoms with Crippen molar-refractivity contribution in [3.8, 4) is 5.75 Å². The molecule has 0 atom stereocenters. The first kappa shape index (κ1) is 17.5. The fourth-order valence-electron chi connectivity index (χ4n) is 2.83. The number of rotatable bonds is 7. The van der Waals surface area contributed by atoms with Crippen LogP contribution >= 0.6 is 0 Å². The lowest BCUT2D eigenvalue weighted by Gasteiger charge is -2.20. The second-order valence-corrected chi connectivity index (χ2v) is 5.88. The SMILES string of the molecule is COc1ccccc1NCC(=O)NC(c1ccccc1)c1ccccc1. The summed E-state index contributed by atoms with van der Waals surface area (Å²) < 4.78 is 5.30. The Morgan fingerprint density at radius 3 is 1.96 bits per heavy atom. The zero-order chi connectivity index (χ0) is 18.2. The molecule has 3 rings (SSSR count). The van der Waals surface area contributed by atoms with Gasteiger partial charge < -0.3 is 15.4 Å². The lowest BCUT2D eigenvalue weighted by Crippen LogP contribution is -2.34. The molecular formula is C22H22N2O2. The summed E-state index contributed by atoms with van der Waals surface area (Å²) in [6.07, 6.45) is 0. The molecule has 0 spiro atoms. The highest BCUT2D eigenvalue weighted by Gasteiger charge is 2.16. The molecule has 0 aliphatic heterocycles. The van der Waals surface area contributed by atoms with Crippen LogP contribution in [-0.4, -0.2) is 19.6 Å². The van der Waals surface area contributed by atoms with Crippen molar-refractivity contribution < 1.29 is 9.53 Å². The van der Waals surface area contributed by atoms with Gasteiger partial charge >= 0.3 is 0 Å². The van der Waals surface area contributed by atoms with Gasteiger partial charge in [-0.05, 0) is 23.3 Å². The van der Waals surface area contributed by atoms with Crippen LogP contribution in [0.4, 0.5) is 5.69 Å². The van der Waals surface area contributed by atoms with E-state index in [4.69, 9.17) is 4.74 Å². The zero-order valence-electron chi connectivity index (χ0n) is 14.7. The number of nitrogens with one attached hydrogen (secondary N) is 2. The molecule has 0 saturated carbocycles. The van der Waals surface area contributed by atoms with Crippen molar-refractivity contribution >= 4 is 11.6 Å². The van der Waals surface area contributed by atoms with E-state index in [1.54, 1.807) is 7.11 Å². The maximum Gasteiger partial charge on any atom is 0.240 e. The normalized spacial score (nSPS) is 10.4. The number of hydrogen-bond acceptors (Lipinski definition) is 3. The van der Waals surface area contributed by atoms with Gasteiger partial charge in [-0.2, -0.15) is 0 Å². The molecule has 132 valence electrons. The summed E-state index contributed by atoms with van der Waals surface area (Å²) >= 11 is 0. The number of carbonyl (C=O) groups is 1. The monoisotopic (exact) mass is 346 g/mol. The average molecular weight is 346 g/mol. The fourth-order valence-corrected chi connectivity index (χ4v) is 2.83. The largest absolute Gasteiger partial charge is 0.495 e. The highest BCUT2D eigenvalue weighted by atomic mass is 16.5. The Balaban J connectivity index is 1.72. The number of methoxy groups -OCH3 is 1. The lowest BCUT2D eigenvalue weighted by atomic mass is 9.99. The number of carbonyl (C=O) groups excluding carboxylic acids is 1. The van der Waals surface area contributed by atoms with E-state index >= 15 is 0 Å². The number of amides is 1. The van der Waals surface area contributed by atoms with Crippen molar-refractivity contribution in [1.82, 2.24) is 5.32 Å². The molecular weight excluding hydrogens is 324 g/mol. The Bertz CT molecular complexity index is 796. The molecule has 3 aromatic carbocycles. The van der Waals surface area contributed by atoms with E-state index in [2.05, 4.69) is 10.6 Å². The molecule has 3 aromatic rings. The number of benzene rings is 3. The maximum absolute atomic E-state index is 12.6. The van der Waals surface area contributed by atoms with Crippen LogP contribution in [0.5, 0.6) is 5.75 Å². The topological polar surface area (TPSA) is 50.4 Å². The summed E-state index contributed by atoms with van der Waals surface area (Å²) in [6.45, 7) is 0.163. The number of hydrogen-bond donors (Lipinski definition) is 2. The molecule has 0 bridgehead atoms. The third-order valence-corrected chi connectivity index (χ3v) is 4.12. The highest BCUT2D eigenvalue weighted by molar-refractivity contribution is 5.82. The third kappa shape index (κ3) is 4.42. The van der Waals surface area contributed by atoms with E-state index in [0.29, 0.717) is 5.75 Å². The quantitative estimate of drug-likeness (QED) is 0.679. The predicted octanol–water partition coefficient (Wildman–Crippen LogP) is 4.01. The summed E-state index contributed by atoms with van der Waals surface area (Å²) in [6, 6.07) is 27.3. The molecule has 0 aliphatic rings. The molecule has 1 amide bonds. The van der Waals surface area contributed by atoms with Gasteiger partial charge in [-0.1, -0.05) is 72.8 Å². The molecule has 0 unspecified atom stereocenters. The van der Waals surface area contributed by atoms with Crippen LogP contribution in [0.25, 0.3) is 0 Å². The maximum atomic E-state index is 12.6. The molecule has 4 heteroatoms. The summed E-state index contributed by atoms with van der Waals surface area (Å²) in [5, 5.41) is 6.25. The molecule has 0 heterocycles. The third-order valence-electron chi connectivity index (χ3n) is 4.12. The number of anilines is 1. The summed E-state index contributed by atoms with van der Waals surface area (Å²) in [7, 11) is 1.61. The first-order valence-electron chi connectivity index (χ1n) is 8.54. The van der Waals surface area contributed by atoms with E-state index in [0.717, 1.165) is 16.8 Å². The van der Waals surface area contributed by atoms with Crippen LogP contribution < -0.4 is 15.4 Å². The van der Waals surface area contributed by atoms with Crippen molar-refractivity contribution in [1.29, 1.82) is 0 Å². The summed E-state index contributed by atoms with van der Waals surface area (Å²) in [5.74, 6) is 0.622. The zero-order valence-corrected chi connectivity index (χ0v) is 14.7. The van der Waals surface area contributed by atoms with Gasteiger partial charge in [0.2, 0.25) is 5.91 Å². The van der Waals surface area contributed by atoms with Gasteiger partial charge in [-0.3, -0.25) is 4.79 Å². The Kier molecular flexibility index (Phi) is 5.88. The van der Waals surface area contributed by atoms with Crippen LogP contribution in [0.2, 0.25) is 0 Å². The minimum absolute atomic E-state index is 0.0892. The molecule has 0 radical (unpaired) electrons. The van der Waals surface area contributed by atoms with Crippen LogP contribution in [0.3, 0.4) is 0 Å². The second-order valence-electron chi connectivity index (χ2n) is 5.88. The van der Waals surface area contributed by atoms with Crippen molar-refractivity contribution in [2.75, 3.05) is 19.0 Å². The van der Waals surface area contributed by atoms with Crippen molar-refractivity contribution in [3.63, 3.8) is 0 Å². The number of para-hydroxylation sites is 2. The highest BCUT2D eigenvalue weighted by Crippen LogP contribution is 2.23. The predicted molar refractivity (Wildman–Crippen MR) is 104 cm³/mol. The standard InChI is InChI=1S/C22H22N2O2/c1-26-20-15-9-8-14-19(20)23-16-21(25)24-22(17-10-4-2-5-11-17)18-12-6-3-7-13-18/h2-15,22-23H,16H2,1H3,(H,24,25). The van der Waals surface area contributed by atoms with E-state index in [1.807, 2.05) is 84.9 Å².